The quantitative estimate of drug-likeness (QED) is 0.385. The molecule has 27 heavy (non-hydrogen) atoms. The molecule has 150 valence electrons. The Hall–Kier alpha value is -2.04. The van der Waals surface area contributed by atoms with E-state index in [0.29, 0.717) is 25.3 Å². The van der Waals surface area contributed by atoms with Gasteiger partial charge in [-0.15, -0.1) is 24.0 Å². The Labute approximate surface area is 177 Å². The number of methoxy groups -OCH3 is 1. The molecule has 1 fully saturated rings. The molecule has 1 aromatic rings. The van der Waals surface area contributed by atoms with Crippen LogP contribution in [0.3, 0.4) is 0 Å². The summed E-state index contributed by atoms with van der Waals surface area (Å²) in [6.07, 6.45) is -0.491. The van der Waals surface area contributed by atoms with E-state index in [1.54, 1.807) is 6.92 Å². The van der Waals surface area contributed by atoms with Crippen molar-refractivity contribution >= 4 is 47.6 Å². The monoisotopic (exact) mass is 489 g/mol. The zero-order valence-electron chi connectivity index (χ0n) is 16.0. The summed E-state index contributed by atoms with van der Waals surface area (Å²) in [5.74, 6) is 0.972. The number of carbonyl (C=O) groups excluding carboxylic acids is 2. The predicted molar refractivity (Wildman–Crippen MR) is 117 cm³/mol. The Morgan fingerprint density at radius 2 is 1.70 bits per heavy atom. The molecule has 2 amide bonds. The first-order valence-corrected chi connectivity index (χ1v) is 8.76. The van der Waals surface area contributed by atoms with Crippen LogP contribution in [0.5, 0.6) is 0 Å². The molecule has 1 saturated heterocycles. The smallest absolute Gasteiger partial charge is 0.411 e. The lowest BCUT2D eigenvalue weighted by molar-refractivity contribution is -0.130. The highest BCUT2D eigenvalue weighted by Crippen LogP contribution is 2.11. The molecule has 1 heterocycles. The van der Waals surface area contributed by atoms with Crippen LogP contribution in [0.1, 0.15) is 19.4 Å². The minimum Gasteiger partial charge on any atom is -0.453 e. The molecule has 8 nitrogen and oxygen atoms in total. The van der Waals surface area contributed by atoms with Crippen molar-refractivity contribution in [3.8, 4) is 0 Å². The molecular formula is C18H28IN5O3. The number of piperazine rings is 1. The van der Waals surface area contributed by atoms with E-state index in [0.717, 1.165) is 31.2 Å². The van der Waals surface area contributed by atoms with E-state index < -0.39 is 6.09 Å². The van der Waals surface area contributed by atoms with Gasteiger partial charge in [-0.3, -0.25) is 10.1 Å². The number of aliphatic imine (C=N–C) groups is 1. The first-order valence-electron chi connectivity index (χ1n) is 8.76. The number of rotatable bonds is 4. The highest BCUT2D eigenvalue weighted by Gasteiger charge is 2.20. The van der Waals surface area contributed by atoms with Gasteiger partial charge in [-0.1, -0.05) is 12.1 Å². The molecule has 0 spiro atoms. The Balaban J connectivity index is 0.00000364. The molecule has 0 unspecified atom stereocenters. The maximum absolute atomic E-state index is 11.5. The van der Waals surface area contributed by atoms with Crippen molar-refractivity contribution in [1.29, 1.82) is 0 Å². The number of hydrogen-bond acceptors (Lipinski definition) is 4. The number of hydrogen-bond donors (Lipinski definition) is 2. The molecule has 0 bridgehead atoms. The van der Waals surface area contributed by atoms with Gasteiger partial charge in [-0.25, -0.2) is 9.79 Å². The van der Waals surface area contributed by atoms with Crippen molar-refractivity contribution in [2.75, 3.05) is 45.2 Å². The molecule has 0 aromatic heterocycles. The van der Waals surface area contributed by atoms with Crippen LogP contribution in [0.4, 0.5) is 10.5 Å². The second kappa shape index (κ2) is 11.6. The topological polar surface area (TPSA) is 86.3 Å². The molecule has 1 aliphatic rings. The van der Waals surface area contributed by atoms with Gasteiger partial charge in [0.15, 0.2) is 5.96 Å². The van der Waals surface area contributed by atoms with Gasteiger partial charge in [0.2, 0.25) is 5.91 Å². The molecule has 9 heteroatoms. The SMILES string of the molecule is CCNC(=NCc1ccc(NC(=O)OC)cc1)N1CCN(C(C)=O)CC1.I. The molecule has 1 aromatic carbocycles. The van der Waals surface area contributed by atoms with E-state index >= 15 is 0 Å². The van der Waals surface area contributed by atoms with E-state index in [-0.39, 0.29) is 29.9 Å². The van der Waals surface area contributed by atoms with E-state index in [1.807, 2.05) is 36.1 Å². The van der Waals surface area contributed by atoms with E-state index in [2.05, 4.69) is 20.3 Å². The fourth-order valence-electron chi connectivity index (χ4n) is 2.69. The van der Waals surface area contributed by atoms with Crippen LogP contribution in [-0.4, -0.2) is 67.6 Å². The normalized spacial score (nSPS) is 14.3. The van der Waals surface area contributed by atoms with Crippen molar-refractivity contribution in [3.05, 3.63) is 29.8 Å². The Kier molecular flexibility index (Phi) is 9.90. The fourth-order valence-corrected chi connectivity index (χ4v) is 2.69. The highest BCUT2D eigenvalue weighted by molar-refractivity contribution is 14.0. The molecule has 2 N–H and O–H groups in total. The predicted octanol–water partition coefficient (Wildman–Crippen LogP) is 2.11. The van der Waals surface area contributed by atoms with Crippen molar-refractivity contribution < 1.29 is 14.3 Å². The van der Waals surface area contributed by atoms with Crippen LogP contribution in [0.25, 0.3) is 0 Å². The van der Waals surface area contributed by atoms with Gasteiger partial charge in [0.05, 0.1) is 13.7 Å². The van der Waals surface area contributed by atoms with E-state index in [9.17, 15) is 9.59 Å². The van der Waals surface area contributed by atoms with Gasteiger partial charge in [-0.2, -0.15) is 0 Å². The first-order chi connectivity index (χ1) is 12.5. The number of nitrogens with one attached hydrogen (secondary N) is 2. The molecule has 1 aliphatic heterocycles. The van der Waals surface area contributed by atoms with Crippen LogP contribution < -0.4 is 10.6 Å². The summed E-state index contributed by atoms with van der Waals surface area (Å²) in [7, 11) is 1.33. The van der Waals surface area contributed by atoms with Gasteiger partial charge >= 0.3 is 6.09 Å². The molecule has 2 rings (SSSR count). The Morgan fingerprint density at radius 3 is 2.22 bits per heavy atom. The molecule has 0 radical (unpaired) electrons. The molecule has 0 saturated carbocycles. The maximum Gasteiger partial charge on any atom is 0.411 e. The third-order valence-corrected chi connectivity index (χ3v) is 4.16. The van der Waals surface area contributed by atoms with Crippen LogP contribution in [0, 0.1) is 0 Å². The standard InChI is InChI=1S/C18H27N5O3.HI/c1-4-19-17(23-11-9-22(10-12-23)14(2)24)20-13-15-5-7-16(8-6-15)21-18(25)26-3;/h5-8H,4,9-13H2,1-3H3,(H,19,20)(H,21,25);1H. The number of carbonyl (C=O) groups is 2. The summed E-state index contributed by atoms with van der Waals surface area (Å²) >= 11 is 0. The maximum atomic E-state index is 11.5. The number of guanidine groups is 1. The molecular weight excluding hydrogens is 461 g/mol. The van der Waals surface area contributed by atoms with Gasteiger partial charge in [0.1, 0.15) is 0 Å². The molecule has 0 aliphatic carbocycles. The average molecular weight is 489 g/mol. The van der Waals surface area contributed by atoms with Gasteiger partial charge < -0.3 is 19.9 Å². The summed E-state index contributed by atoms with van der Waals surface area (Å²) in [6, 6.07) is 7.48. The Morgan fingerprint density at radius 1 is 1.11 bits per heavy atom. The minimum atomic E-state index is -0.491. The number of nitrogens with zero attached hydrogens (tertiary/aromatic N) is 3. The van der Waals surface area contributed by atoms with Crippen molar-refractivity contribution in [2.24, 2.45) is 4.99 Å². The van der Waals surface area contributed by atoms with Gasteiger partial charge in [-0.05, 0) is 24.6 Å². The van der Waals surface area contributed by atoms with E-state index in [1.165, 1.54) is 7.11 Å². The van der Waals surface area contributed by atoms with Gasteiger partial charge in [0.25, 0.3) is 0 Å². The third kappa shape index (κ3) is 7.24. The van der Waals surface area contributed by atoms with Crippen molar-refractivity contribution in [2.45, 2.75) is 20.4 Å². The number of anilines is 1. The second-order valence-corrected chi connectivity index (χ2v) is 5.98. The number of ether oxygens (including phenoxy) is 1. The average Bonchev–Trinajstić information content (AvgIpc) is 2.66. The van der Waals surface area contributed by atoms with Crippen molar-refractivity contribution in [3.63, 3.8) is 0 Å². The number of benzene rings is 1. The van der Waals surface area contributed by atoms with Crippen LogP contribution in [-0.2, 0) is 16.1 Å². The van der Waals surface area contributed by atoms with Gasteiger partial charge in [0, 0.05) is 45.3 Å². The van der Waals surface area contributed by atoms with Crippen molar-refractivity contribution in [1.82, 2.24) is 15.1 Å². The lowest BCUT2D eigenvalue weighted by Gasteiger charge is -2.36. The first kappa shape index (κ1) is 23.0. The zero-order chi connectivity index (χ0) is 18.9. The highest BCUT2D eigenvalue weighted by atomic mass is 127. The largest absolute Gasteiger partial charge is 0.453 e. The number of amides is 2. The summed E-state index contributed by atoms with van der Waals surface area (Å²) in [5, 5.41) is 5.93. The Bertz CT molecular complexity index is 643. The number of halogens is 1. The summed E-state index contributed by atoms with van der Waals surface area (Å²) in [4.78, 5) is 31.4. The van der Waals surface area contributed by atoms with Crippen LogP contribution >= 0.6 is 24.0 Å². The fraction of sp³-hybridized carbons (Fsp3) is 0.500. The van der Waals surface area contributed by atoms with E-state index in [4.69, 9.17) is 4.99 Å². The zero-order valence-corrected chi connectivity index (χ0v) is 18.4. The third-order valence-electron chi connectivity index (χ3n) is 4.16. The van der Waals surface area contributed by atoms with Crippen LogP contribution in [0.2, 0.25) is 0 Å². The second-order valence-electron chi connectivity index (χ2n) is 5.98. The summed E-state index contributed by atoms with van der Waals surface area (Å²) < 4.78 is 4.57. The van der Waals surface area contributed by atoms with Crippen LogP contribution in [0.15, 0.2) is 29.3 Å². The molecule has 0 atom stereocenters. The summed E-state index contributed by atoms with van der Waals surface area (Å²) in [5.41, 5.74) is 1.72. The minimum absolute atomic E-state index is 0. The lowest BCUT2D eigenvalue weighted by Crippen LogP contribution is -2.53. The lowest BCUT2D eigenvalue weighted by atomic mass is 10.2. The summed E-state index contributed by atoms with van der Waals surface area (Å²) in [6.45, 7) is 7.94.